The summed E-state index contributed by atoms with van der Waals surface area (Å²) in [5.41, 5.74) is 0. The van der Waals surface area contributed by atoms with Gasteiger partial charge in [0.15, 0.2) is 12.6 Å². The summed E-state index contributed by atoms with van der Waals surface area (Å²) >= 11 is 0. The smallest absolute Gasteiger partial charge is 0.220 e. The number of aliphatic hydroxyl groups excluding tert-OH is 8. The van der Waals surface area contributed by atoms with Crippen LogP contribution in [-0.2, 0) is 23.7 Å². The summed E-state index contributed by atoms with van der Waals surface area (Å²) in [6, 6.07) is -0.929. The van der Waals surface area contributed by atoms with E-state index in [1.807, 2.05) is 6.08 Å². The molecule has 80 heavy (non-hydrogen) atoms. The second kappa shape index (κ2) is 51.9. The van der Waals surface area contributed by atoms with E-state index in [0.717, 1.165) is 32.1 Å². The minimum Gasteiger partial charge on any atom is -0.394 e. The normalized spacial score (nSPS) is 24.3. The summed E-state index contributed by atoms with van der Waals surface area (Å²) in [4.78, 5) is 13.3. The van der Waals surface area contributed by atoms with Crippen LogP contribution in [0.2, 0.25) is 0 Å². The molecule has 0 aromatic heterocycles. The number of aliphatic hydroxyl groups is 8. The van der Waals surface area contributed by atoms with E-state index in [4.69, 9.17) is 18.9 Å². The van der Waals surface area contributed by atoms with Crippen molar-refractivity contribution in [1.29, 1.82) is 0 Å². The number of hydrogen-bond donors (Lipinski definition) is 9. The van der Waals surface area contributed by atoms with Gasteiger partial charge in [0.2, 0.25) is 5.91 Å². The molecule has 2 aliphatic rings. The zero-order valence-electron chi connectivity index (χ0n) is 51.1. The van der Waals surface area contributed by atoms with Gasteiger partial charge in [-0.15, -0.1) is 0 Å². The number of ether oxygens (including phenoxy) is 4. The molecule has 14 heteroatoms. The lowest BCUT2D eigenvalue weighted by Crippen LogP contribution is -2.65. The van der Waals surface area contributed by atoms with E-state index in [-0.39, 0.29) is 18.9 Å². The number of carbonyl (C=O) groups excluding carboxylic acids is 1. The van der Waals surface area contributed by atoms with E-state index in [9.17, 15) is 45.6 Å². The maximum atomic E-state index is 13.3. The fourth-order valence-corrected chi connectivity index (χ4v) is 11.3. The van der Waals surface area contributed by atoms with Crippen LogP contribution < -0.4 is 5.32 Å². The van der Waals surface area contributed by atoms with Gasteiger partial charge in [-0.2, -0.15) is 0 Å². The SMILES string of the molecule is CCCCCCCCCCCCCCCCC/C=C/CC/C=C/C(O)C(COC1OC(CO)C(OC2OC(CO)C(O)C(O)C2O)C(O)C1O)NC(=O)CCCCCCCCCCCCCCCCCCCCCCCCCCC. The van der Waals surface area contributed by atoms with Crippen molar-refractivity contribution in [3.63, 3.8) is 0 Å². The summed E-state index contributed by atoms with van der Waals surface area (Å²) in [5, 5.41) is 87.3. The number of unbranched alkanes of at least 4 members (excludes halogenated alkanes) is 40. The first-order valence-electron chi connectivity index (χ1n) is 33.6. The fraction of sp³-hybridized carbons (Fsp3) is 0.924. The Morgan fingerprint density at radius 1 is 0.438 bits per heavy atom. The van der Waals surface area contributed by atoms with Crippen LogP contribution in [0.15, 0.2) is 24.3 Å². The number of amides is 1. The Morgan fingerprint density at radius 2 is 0.800 bits per heavy atom. The van der Waals surface area contributed by atoms with Crippen molar-refractivity contribution in [1.82, 2.24) is 5.32 Å². The molecule has 2 aliphatic heterocycles. The molecule has 2 saturated heterocycles. The molecule has 0 aliphatic carbocycles. The topological polar surface area (TPSA) is 228 Å². The van der Waals surface area contributed by atoms with Crippen LogP contribution in [0.4, 0.5) is 0 Å². The van der Waals surface area contributed by atoms with Crippen LogP contribution in [-0.4, -0.2) is 140 Å². The molecule has 14 nitrogen and oxygen atoms in total. The maximum Gasteiger partial charge on any atom is 0.220 e. The largest absolute Gasteiger partial charge is 0.394 e. The van der Waals surface area contributed by atoms with Gasteiger partial charge in [0, 0.05) is 6.42 Å². The standard InChI is InChI=1S/C66H125NO13/c1-3-5-7-9-11-13-15-17-19-21-23-25-26-27-28-30-32-34-36-38-40-42-44-46-48-50-58(71)67-54(55(70)49-47-45-43-41-39-37-35-33-31-29-24-22-20-18-16-14-12-10-8-6-4-2)53-77-65-63(76)61(74)64(57(52-69)79-65)80-66-62(75)60(73)59(72)56(51-68)78-66/h39,41,47,49,54-57,59-66,68-70,72-76H,3-38,40,42-46,48,50-53H2,1-2H3,(H,67,71)/b41-39+,49-47+. The van der Waals surface area contributed by atoms with Crippen molar-refractivity contribution in [2.24, 2.45) is 0 Å². The molecule has 0 aromatic carbocycles. The van der Waals surface area contributed by atoms with E-state index < -0.39 is 86.8 Å². The van der Waals surface area contributed by atoms with Gasteiger partial charge in [-0.3, -0.25) is 4.79 Å². The molecule has 9 N–H and O–H groups in total. The van der Waals surface area contributed by atoms with Crippen LogP contribution in [0.3, 0.4) is 0 Å². The Morgan fingerprint density at radius 3 is 1.23 bits per heavy atom. The molecule has 2 rings (SSSR count). The Hall–Kier alpha value is -1.53. The predicted octanol–water partition coefficient (Wildman–Crippen LogP) is 12.8. The predicted molar refractivity (Wildman–Crippen MR) is 323 cm³/mol. The molecular formula is C66H125NO13. The van der Waals surface area contributed by atoms with Gasteiger partial charge in [0.25, 0.3) is 0 Å². The second-order valence-corrected chi connectivity index (χ2v) is 24.0. The van der Waals surface area contributed by atoms with Crippen LogP contribution >= 0.6 is 0 Å². The number of hydrogen-bond acceptors (Lipinski definition) is 13. The summed E-state index contributed by atoms with van der Waals surface area (Å²) < 4.78 is 22.8. The third-order valence-corrected chi connectivity index (χ3v) is 16.6. The van der Waals surface area contributed by atoms with Gasteiger partial charge in [-0.05, 0) is 32.1 Å². The van der Waals surface area contributed by atoms with Crippen molar-refractivity contribution < 1.29 is 64.6 Å². The first kappa shape index (κ1) is 74.6. The lowest BCUT2D eigenvalue weighted by atomic mass is 9.97. The monoisotopic (exact) mass is 1140 g/mol. The van der Waals surface area contributed by atoms with Crippen molar-refractivity contribution in [2.75, 3.05) is 19.8 Å². The molecule has 0 bridgehead atoms. The number of allylic oxidation sites excluding steroid dienone is 3. The molecule has 2 fully saturated rings. The van der Waals surface area contributed by atoms with E-state index >= 15 is 0 Å². The van der Waals surface area contributed by atoms with E-state index in [0.29, 0.717) is 12.8 Å². The fourth-order valence-electron chi connectivity index (χ4n) is 11.3. The third kappa shape index (κ3) is 36.3. The number of carbonyl (C=O) groups is 1. The molecule has 0 aromatic rings. The van der Waals surface area contributed by atoms with E-state index in [1.54, 1.807) is 6.08 Å². The highest BCUT2D eigenvalue weighted by atomic mass is 16.7. The van der Waals surface area contributed by atoms with Gasteiger partial charge in [-0.1, -0.05) is 282 Å². The molecule has 12 unspecified atom stereocenters. The Bertz CT molecular complexity index is 1440. The Labute approximate surface area is 488 Å². The van der Waals surface area contributed by atoms with E-state index in [1.165, 1.54) is 231 Å². The zero-order valence-corrected chi connectivity index (χ0v) is 51.1. The molecule has 472 valence electrons. The second-order valence-electron chi connectivity index (χ2n) is 24.0. The minimum absolute atomic E-state index is 0.242. The van der Waals surface area contributed by atoms with Gasteiger partial charge in [0.1, 0.15) is 48.8 Å². The molecule has 0 radical (unpaired) electrons. The summed E-state index contributed by atoms with van der Waals surface area (Å²) in [5.74, 6) is -0.242. The Balaban J connectivity index is 1.71. The van der Waals surface area contributed by atoms with Crippen LogP contribution in [0.5, 0.6) is 0 Å². The van der Waals surface area contributed by atoms with Crippen LogP contribution in [0.1, 0.15) is 296 Å². The van der Waals surface area contributed by atoms with Gasteiger partial charge in [-0.25, -0.2) is 0 Å². The highest BCUT2D eigenvalue weighted by molar-refractivity contribution is 5.76. The lowest BCUT2D eigenvalue weighted by molar-refractivity contribution is -0.359. The maximum absolute atomic E-state index is 13.3. The van der Waals surface area contributed by atoms with Gasteiger partial charge in [0.05, 0.1) is 32.0 Å². The van der Waals surface area contributed by atoms with E-state index in [2.05, 4.69) is 31.3 Å². The van der Waals surface area contributed by atoms with Crippen LogP contribution in [0, 0.1) is 0 Å². The summed E-state index contributed by atoms with van der Waals surface area (Å²) in [6.07, 6.45) is 46.6. The van der Waals surface area contributed by atoms with Gasteiger partial charge >= 0.3 is 0 Å². The highest BCUT2D eigenvalue weighted by Crippen LogP contribution is 2.30. The molecule has 2 heterocycles. The average molecular weight is 1140 g/mol. The van der Waals surface area contributed by atoms with Crippen molar-refractivity contribution in [2.45, 2.75) is 370 Å². The number of rotatable bonds is 55. The Kier molecular flexibility index (Phi) is 48.3. The molecular weight excluding hydrogens is 1010 g/mol. The molecule has 0 spiro atoms. The zero-order chi connectivity index (χ0) is 58.1. The summed E-state index contributed by atoms with van der Waals surface area (Å²) in [6.45, 7) is 2.83. The first-order valence-corrected chi connectivity index (χ1v) is 33.6. The minimum atomic E-state index is -1.79. The molecule has 0 saturated carbocycles. The summed E-state index contributed by atoms with van der Waals surface area (Å²) in [7, 11) is 0. The highest BCUT2D eigenvalue weighted by Gasteiger charge is 2.51. The molecule has 1 amide bonds. The van der Waals surface area contributed by atoms with Crippen molar-refractivity contribution in [3.05, 3.63) is 24.3 Å². The number of nitrogens with one attached hydrogen (secondary N) is 1. The first-order chi connectivity index (χ1) is 39.1. The lowest BCUT2D eigenvalue weighted by Gasteiger charge is -2.46. The third-order valence-electron chi connectivity index (χ3n) is 16.6. The van der Waals surface area contributed by atoms with Crippen LogP contribution in [0.25, 0.3) is 0 Å². The molecule has 12 atom stereocenters. The van der Waals surface area contributed by atoms with Gasteiger partial charge < -0.3 is 65.1 Å². The quantitative estimate of drug-likeness (QED) is 0.0204. The van der Waals surface area contributed by atoms with Crippen molar-refractivity contribution in [3.8, 4) is 0 Å². The average Bonchev–Trinajstić information content (AvgIpc) is 3.49. The van der Waals surface area contributed by atoms with Crippen molar-refractivity contribution >= 4 is 5.91 Å².